The Bertz CT molecular complexity index is 1150. The maximum absolute atomic E-state index is 13.5. The Labute approximate surface area is 197 Å². The molecule has 1 aliphatic heterocycles. The molecule has 4 rings (SSSR count). The molecule has 0 fully saturated rings. The zero-order chi connectivity index (χ0) is 23.0. The smallest absolute Gasteiger partial charge is 0.336 e. The summed E-state index contributed by atoms with van der Waals surface area (Å²) in [6.07, 6.45) is 0.995. The molecule has 0 saturated carbocycles. The average molecular weight is 472 g/mol. The molecule has 1 heterocycles. The van der Waals surface area contributed by atoms with E-state index < -0.39 is 11.9 Å². The van der Waals surface area contributed by atoms with Crippen molar-refractivity contribution in [1.82, 2.24) is 5.32 Å². The zero-order valence-corrected chi connectivity index (χ0v) is 19.5. The maximum atomic E-state index is 13.5. The number of carbonyl (C=O) groups excluding carboxylic acids is 2. The molecule has 0 radical (unpaired) electrons. The summed E-state index contributed by atoms with van der Waals surface area (Å²) in [4.78, 5) is 26.2. The third kappa shape index (κ3) is 4.03. The largest absolute Gasteiger partial charge is 0.497 e. The van der Waals surface area contributed by atoms with Gasteiger partial charge in [0, 0.05) is 29.3 Å². The highest BCUT2D eigenvalue weighted by Crippen LogP contribution is 2.46. The van der Waals surface area contributed by atoms with E-state index in [4.69, 9.17) is 32.7 Å². The van der Waals surface area contributed by atoms with Crippen LogP contribution in [-0.2, 0) is 14.3 Å². The van der Waals surface area contributed by atoms with Gasteiger partial charge in [-0.2, -0.15) is 0 Å². The second kappa shape index (κ2) is 9.00. The van der Waals surface area contributed by atoms with Gasteiger partial charge in [-0.05, 0) is 54.7 Å². The van der Waals surface area contributed by atoms with Gasteiger partial charge in [-0.15, -0.1) is 0 Å². The number of hydrogen-bond acceptors (Lipinski definition) is 5. The number of allylic oxidation sites excluding steroid dienone is 3. The third-order valence-electron chi connectivity index (χ3n) is 6.10. The molecular formula is C25H23Cl2NO4. The number of ether oxygens (including phenoxy) is 2. The number of ketones is 1. The van der Waals surface area contributed by atoms with Gasteiger partial charge in [0.1, 0.15) is 5.75 Å². The van der Waals surface area contributed by atoms with Crippen LogP contribution in [0, 0.1) is 0 Å². The van der Waals surface area contributed by atoms with E-state index in [9.17, 15) is 9.59 Å². The second-order valence-corrected chi connectivity index (χ2v) is 8.77. The van der Waals surface area contributed by atoms with Crippen molar-refractivity contribution in [3.05, 3.63) is 86.2 Å². The molecule has 2 atom stereocenters. The van der Waals surface area contributed by atoms with Crippen LogP contribution < -0.4 is 10.1 Å². The summed E-state index contributed by atoms with van der Waals surface area (Å²) >= 11 is 12.4. The number of carbonyl (C=O) groups is 2. The van der Waals surface area contributed by atoms with Crippen LogP contribution >= 0.6 is 23.2 Å². The lowest BCUT2D eigenvalue weighted by molar-refractivity contribution is -0.136. The molecule has 0 bridgehead atoms. The normalized spacial score (nSPS) is 20.6. The lowest BCUT2D eigenvalue weighted by atomic mass is 9.72. The molecule has 1 N–H and O–H groups in total. The van der Waals surface area contributed by atoms with Gasteiger partial charge >= 0.3 is 5.97 Å². The van der Waals surface area contributed by atoms with Crippen molar-refractivity contribution in [1.29, 1.82) is 0 Å². The highest BCUT2D eigenvalue weighted by atomic mass is 35.5. The highest BCUT2D eigenvalue weighted by molar-refractivity contribution is 6.42. The van der Waals surface area contributed by atoms with E-state index in [1.807, 2.05) is 31.2 Å². The Balaban J connectivity index is 1.79. The number of benzene rings is 2. The summed E-state index contributed by atoms with van der Waals surface area (Å²) in [6, 6.07) is 13.0. The molecule has 0 aromatic heterocycles. The first-order chi connectivity index (χ1) is 15.3. The number of hydrogen-bond donors (Lipinski definition) is 1. The standard InChI is InChI=1S/C25H23Cl2NO4/c1-13-22(25(30)32-3)23(15-6-9-18(26)19(27)10-15)24-20(28-13)11-16(12-21(24)29)14-4-7-17(31-2)8-5-14/h4-10,16,23,28H,11-12H2,1-3H3/t16-,23+/m1/s1. The van der Waals surface area contributed by atoms with E-state index in [0.29, 0.717) is 39.7 Å². The van der Waals surface area contributed by atoms with Crippen LogP contribution in [0.4, 0.5) is 0 Å². The number of halogens is 2. The first kappa shape index (κ1) is 22.4. The number of methoxy groups -OCH3 is 2. The zero-order valence-electron chi connectivity index (χ0n) is 18.0. The summed E-state index contributed by atoms with van der Waals surface area (Å²) in [6.45, 7) is 1.82. The minimum Gasteiger partial charge on any atom is -0.497 e. The van der Waals surface area contributed by atoms with Crippen molar-refractivity contribution in [3.8, 4) is 5.75 Å². The van der Waals surface area contributed by atoms with Gasteiger partial charge in [-0.1, -0.05) is 41.4 Å². The predicted molar refractivity (Wildman–Crippen MR) is 124 cm³/mol. The lowest BCUT2D eigenvalue weighted by Gasteiger charge is -2.36. The maximum Gasteiger partial charge on any atom is 0.336 e. The molecule has 5 nitrogen and oxygen atoms in total. The Morgan fingerprint density at radius 1 is 1.00 bits per heavy atom. The molecular weight excluding hydrogens is 449 g/mol. The predicted octanol–water partition coefficient (Wildman–Crippen LogP) is 5.54. The van der Waals surface area contributed by atoms with Crippen LogP contribution in [-0.4, -0.2) is 26.0 Å². The second-order valence-electron chi connectivity index (χ2n) is 7.96. The number of dihydropyridines is 1. The fraction of sp³-hybridized carbons (Fsp3) is 0.280. The molecule has 1 aliphatic carbocycles. The van der Waals surface area contributed by atoms with Crippen LogP contribution in [0.3, 0.4) is 0 Å². The van der Waals surface area contributed by atoms with Crippen LogP contribution in [0.2, 0.25) is 10.0 Å². The molecule has 0 spiro atoms. The quantitative estimate of drug-likeness (QED) is 0.593. The Hall–Kier alpha value is -2.76. The first-order valence-corrected chi connectivity index (χ1v) is 11.0. The van der Waals surface area contributed by atoms with E-state index in [1.54, 1.807) is 25.3 Å². The Morgan fingerprint density at radius 2 is 1.69 bits per heavy atom. The van der Waals surface area contributed by atoms with Crippen LogP contribution in [0.25, 0.3) is 0 Å². The molecule has 0 unspecified atom stereocenters. The Morgan fingerprint density at radius 3 is 2.31 bits per heavy atom. The molecule has 7 heteroatoms. The molecule has 2 aromatic rings. The minimum absolute atomic E-state index is 0.00968. The topological polar surface area (TPSA) is 64.6 Å². The van der Waals surface area contributed by atoms with Crippen molar-refractivity contribution in [2.45, 2.75) is 31.6 Å². The van der Waals surface area contributed by atoms with E-state index in [-0.39, 0.29) is 11.7 Å². The third-order valence-corrected chi connectivity index (χ3v) is 6.84. The van der Waals surface area contributed by atoms with Crippen molar-refractivity contribution in [2.24, 2.45) is 0 Å². The number of esters is 1. The molecule has 32 heavy (non-hydrogen) atoms. The van der Waals surface area contributed by atoms with Gasteiger partial charge in [0.05, 0.1) is 29.8 Å². The van der Waals surface area contributed by atoms with E-state index in [0.717, 1.165) is 22.6 Å². The summed E-state index contributed by atoms with van der Waals surface area (Å²) in [7, 11) is 2.96. The molecule has 0 saturated heterocycles. The van der Waals surface area contributed by atoms with Crippen molar-refractivity contribution >= 4 is 35.0 Å². The van der Waals surface area contributed by atoms with Gasteiger partial charge in [-0.25, -0.2) is 4.79 Å². The van der Waals surface area contributed by atoms with Gasteiger partial charge in [0.2, 0.25) is 0 Å². The monoisotopic (exact) mass is 471 g/mol. The summed E-state index contributed by atoms with van der Waals surface area (Å²) in [5, 5.41) is 4.09. The lowest BCUT2D eigenvalue weighted by Crippen LogP contribution is -2.36. The highest BCUT2D eigenvalue weighted by Gasteiger charge is 2.41. The van der Waals surface area contributed by atoms with Gasteiger partial charge in [-0.3, -0.25) is 4.79 Å². The average Bonchev–Trinajstić information content (AvgIpc) is 2.79. The molecule has 166 valence electrons. The minimum atomic E-state index is -0.571. The number of nitrogens with one attached hydrogen (secondary N) is 1. The van der Waals surface area contributed by atoms with E-state index >= 15 is 0 Å². The van der Waals surface area contributed by atoms with Crippen molar-refractivity contribution in [2.75, 3.05) is 14.2 Å². The summed E-state index contributed by atoms with van der Waals surface area (Å²) < 4.78 is 10.3. The fourth-order valence-corrected chi connectivity index (χ4v) is 4.86. The Kier molecular flexibility index (Phi) is 6.31. The van der Waals surface area contributed by atoms with Gasteiger partial charge in [0.25, 0.3) is 0 Å². The fourth-order valence-electron chi connectivity index (χ4n) is 4.56. The van der Waals surface area contributed by atoms with E-state index in [1.165, 1.54) is 7.11 Å². The first-order valence-electron chi connectivity index (χ1n) is 10.2. The summed E-state index contributed by atoms with van der Waals surface area (Å²) in [5.41, 5.74) is 4.27. The summed E-state index contributed by atoms with van der Waals surface area (Å²) in [5.74, 6) is -0.264. The van der Waals surface area contributed by atoms with Crippen LogP contribution in [0.1, 0.15) is 42.7 Å². The van der Waals surface area contributed by atoms with Gasteiger partial charge < -0.3 is 14.8 Å². The van der Waals surface area contributed by atoms with E-state index in [2.05, 4.69) is 5.32 Å². The number of rotatable bonds is 4. The molecule has 0 amide bonds. The number of Topliss-reactive ketones (excluding diaryl/α,β-unsaturated/α-hetero) is 1. The molecule has 2 aromatic carbocycles. The van der Waals surface area contributed by atoms with Crippen LogP contribution in [0.5, 0.6) is 5.75 Å². The molecule has 2 aliphatic rings. The van der Waals surface area contributed by atoms with Gasteiger partial charge in [0.15, 0.2) is 5.78 Å². The SMILES string of the molecule is COC(=O)C1=C(C)NC2=C(C(=O)C[C@H](c3ccc(OC)cc3)C2)[C@H]1c1ccc(Cl)c(Cl)c1. The van der Waals surface area contributed by atoms with Crippen molar-refractivity contribution < 1.29 is 19.1 Å². The van der Waals surface area contributed by atoms with Crippen molar-refractivity contribution in [3.63, 3.8) is 0 Å². The van der Waals surface area contributed by atoms with Crippen LogP contribution in [0.15, 0.2) is 65.0 Å².